The second kappa shape index (κ2) is 12.6. The molecule has 0 atom stereocenters. The predicted molar refractivity (Wildman–Crippen MR) is 138 cm³/mol. The second-order valence-corrected chi connectivity index (χ2v) is 8.38. The van der Waals surface area contributed by atoms with E-state index in [9.17, 15) is 9.59 Å². The minimum Gasteiger partial charge on any atom is -0.494 e. The molecule has 0 saturated heterocycles. The monoisotopic (exact) mass is 494 g/mol. The van der Waals surface area contributed by atoms with Gasteiger partial charge in [0.1, 0.15) is 5.75 Å². The van der Waals surface area contributed by atoms with Gasteiger partial charge in [-0.25, -0.2) is 0 Å². The van der Waals surface area contributed by atoms with Crippen molar-refractivity contribution < 1.29 is 14.3 Å². The molecular formula is C25H30N6O3S. The van der Waals surface area contributed by atoms with Crippen LogP contribution in [-0.2, 0) is 11.3 Å². The number of anilines is 1. The Labute approximate surface area is 208 Å². The summed E-state index contributed by atoms with van der Waals surface area (Å²) in [5.74, 6) is 0.0295. The first-order valence-corrected chi connectivity index (χ1v) is 12.3. The quantitative estimate of drug-likeness (QED) is 0.351. The molecule has 3 N–H and O–H groups in total. The molecule has 2 amide bonds. The molecule has 0 spiro atoms. The van der Waals surface area contributed by atoms with E-state index in [-0.39, 0.29) is 11.6 Å². The maximum absolute atomic E-state index is 13.0. The Morgan fingerprint density at radius 2 is 1.97 bits per heavy atom. The van der Waals surface area contributed by atoms with Crippen LogP contribution < -0.4 is 20.2 Å². The van der Waals surface area contributed by atoms with E-state index in [0.29, 0.717) is 48.6 Å². The molecule has 2 heterocycles. The van der Waals surface area contributed by atoms with E-state index < -0.39 is 5.91 Å². The normalized spacial score (nSPS) is 11.2. The number of nitrogens with zero attached hydrogens (tertiary/aromatic N) is 3. The molecule has 1 aromatic carbocycles. The molecule has 0 aliphatic rings. The highest BCUT2D eigenvalue weighted by molar-refractivity contribution is 7.07. The van der Waals surface area contributed by atoms with Crippen molar-refractivity contribution in [3.05, 3.63) is 58.5 Å². The lowest BCUT2D eigenvalue weighted by molar-refractivity contribution is -0.114. The van der Waals surface area contributed by atoms with Gasteiger partial charge in [0.2, 0.25) is 0 Å². The molecule has 0 aliphatic carbocycles. The van der Waals surface area contributed by atoms with E-state index in [1.54, 1.807) is 19.3 Å². The summed E-state index contributed by atoms with van der Waals surface area (Å²) in [6.45, 7) is 5.32. The van der Waals surface area contributed by atoms with Crippen LogP contribution in [0.3, 0.4) is 0 Å². The lowest BCUT2D eigenvalue weighted by atomic mass is 10.1. The molecule has 35 heavy (non-hydrogen) atoms. The lowest BCUT2D eigenvalue weighted by Crippen LogP contribution is -2.30. The van der Waals surface area contributed by atoms with Crippen molar-refractivity contribution >= 4 is 34.6 Å². The lowest BCUT2D eigenvalue weighted by Gasteiger charge is -2.11. The fraction of sp³-hybridized carbons (Fsp3) is 0.320. The number of nitrogens with one attached hydrogen (secondary N) is 3. The van der Waals surface area contributed by atoms with E-state index in [1.807, 2.05) is 48.1 Å². The molecule has 9 nitrogen and oxygen atoms in total. The second-order valence-electron chi connectivity index (χ2n) is 7.54. The van der Waals surface area contributed by atoms with Gasteiger partial charge in [-0.15, -0.1) is 11.3 Å². The van der Waals surface area contributed by atoms with Gasteiger partial charge in [0, 0.05) is 43.6 Å². The fourth-order valence-electron chi connectivity index (χ4n) is 3.48. The predicted octanol–water partition coefficient (Wildman–Crippen LogP) is 3.73. The molecule has 3 aromatic rings. The number of amides is 2. The summed E-state index contributed by atoms with van der Waals surface area (Å²) < 4.78 is 7.51. The Hall–Kier alpha value is -3.79. The maximum Gasteiger partial charge on any atom is 0.283 e. The topological polar surface area (TPSA) is 121 Å². The van der Waals surface area contributed by atoms with Crippen molar-refractivity contribution in [2.45, 2.75) is 33.2 Å². The number of thiazole rings is 1. The van der Waals surface area contributed by atoms with E-state index in [0.717, 1.165) is 17.0 Å². The largest absolute Gasteiger partial charge is 0.494 e. The molecule has 2 aromatic heterocycles. The summed E-state index contributed by atoms with van der Waals surface area (Å²) in [5, 5.41) is 15.6. The smallest absolute Gasteiger partial charge is 0.283 e. The number of rotatable bonds is 11. The number of pyridine rings is 1. The van der Waals surface area contributed by atoms with Crippen LogP contribution in [0.4, 0.5) is 5.69 Å². The van der Waals surface area contributed by atoms with Crippen LogP contribution in [-0.4, -0.2) is 47.3 Å². The Balaban J connectivity index is 1.94. The standard InChI is InChI=1S/C25H30N6O3S/c1-4-29-24(33)20(26)7-6-14-31-22(17-8-10-18(11-9-17)34-5-2)16-35-25(31)30-23(32)19-15-28-13-12-21(19)27-3/h8-13,15-16,26H,4-7,14H2,1-3H3,(H,27,28)(H,29,33). The van der Waals surface area contributed by atoms with Gasteiger partial charge in [-0.3, -0.25) is 20.0 Å². The molecule has 184 valence electrons. The number of carbonyl (C=O) groups is 2. The molecule has 0 radical (unpaired) electrons. The summed E-state index contributed by atoms with van der Waals surface area (Å²) in [5.41, 5.74) is 2.92. The molecule has 10 heteroatoms. The van der Waals surface area contributed by atoms with Crippen molar-refractivity contribution in [3.8, 4) is 17.0 Å². The van der Waals surface area contributed by atoms with Crippen LogP contribution in [0.5, 0.6) is 5.75 Å². The average Bonchev–Trinajstić information content (AvgIpc) is 3.26. The highest BCUT2D eigenvalue weighted by Gasteiger charge is 2.14. The Kier molecular flexibility index (Phi) is 9.31. The number of ether oxygens (including phenoxy) is 1. The molecule has 0 aliphatic heterocycles. The Morgan fingerprint density at radius 1 is 1.20 bits per heavy atom. The summed E-state index contributed by atoms with van der Waals surface area (Å²) in [6.07, 6.45) is 3.97. The Morgan fingerprint density at radius 3 is 2.66 bits per heavy atom. The molecule has 0 saturated carbocycles. The van der Waals surface area contributed by atoms with Gasteiger partial charge in [0.25, 0.3) is 11.8 Å². The third kappa shape index (κ3) is 6.63. The summed E-state index contributed by atoms with van der Waals surface area (Å²) >= 11 is 1.37. The van der Waals surface area contributed by atoms with Gasteiger partial charge >= 0.3 is 0 Å². The summed E-state index contributed by atoms with van der Waals surface area (Å²) in [4.78, 5) is 33.9. The van der Waals surface area contributed by atoms with Gasteiger partial charge < -0.3 is 19.9 Å². The highest BCUT2D eigenvalue weighted by atomic mass is 32.1. The Bertz CT molecular complexity index is 1250. The number of hydrogen-bond acceptors (Lipinski definition) is 7. The number of carbonyl (C=O) groups excluding carboxylic acids is 2. The summed E-state index contributed by atoms with van der Waals surface area (Å²) in [7, 11) is 1.74. The van der Waals surface area contributed by atoms with Crippen molar-refractivity contribution in [1.82, 2.24) is 14.9 Å². The van der Waals surface area contributed by atoms with Crippen LogP contribution in [0.25, 0.3) is 11.3 Å². The summed E-state index contributed by atoms with van der Waals surface area (Å²) in [6, 6.07) is 9.46. The molecular weight excluding hydrogens is 464 g/mol. The zero-order chi connectivity index (χ0) is 25.2. The van der Waals surface area contributed by atoms with Crippen molar-refractivity contribution in [3.63, 3.8) is 0 Å². The maximum atomic E-state index is 13.0. The fourth-order valence-corrected chi connectivity index (χ4v) is 4.41. The van der Waals surface area contributed by atoms with E-state index in [1.165, 1.54) is 17.5 Å². The van der Waals surface area contributed by atoms with Gasteiger partial charge in [0.05, 0.1) is 23.6 Å². The van der Waals surface area contributed by atoms with E-state index in [4.69, 9.17) is 10.1 Å². The van der Waals surface area contributed by atoms with Crippen LogP contribution >= 0.6 is 11.3 Å². The van der Waals surface area contributed by atoms with Crippen LogP contribution in [0.2, 0.25) is 0 Å². The highest BCUT2D eigenvalue weighted by Crippen LogP contribution is 2.24. The average molecular weight is 495 g/mol. The number of benzene rings is 1. The van der Waals surface area contributed by atoms with E-state index >= 15 is 0 Å². The zero-order valence-corrected chi connectivity index (χ0v) is 20.9. The third-order valence-electron chi connectivity index (χ3n) is 5.20. The van der Waals surface area contributed by atoms with Crippen LogP contribution in [0, 0.1) is 5.41 Å². The third-order valence-corrected chi connectivity index (χ3v) is 6.06. The minimum atomic E-state index is -0.397. The van der Waals surface area contributed by atoms with Crippen molar-refractivity contribution in [2.24, 2.45) is 4.99 Å². The molecule has 0 bridgehead atoms. The SMILES string of the molecule is CCNC(=O)C(=N)CCCn1c(-c2ccc(OCC)cc2)csc1=NC(=O)c1cnccc1NC. The minimum absolute atomic E-state index is 0.0360. The molecule has 3 rings (SSSR count). The molecule has 0 unspecified atom stereocenters. The van der Waals surface area contributed by atoms with Crippen molar-refractivity contribution in [1.29, 1.82) is 5.41 Å². The first kappa shape index (κ1) is 25.8. The van der Waals surface area contributed by atoms with Crippen LogP contribution in [0.15, 0.2) is 53.1 Å². The number of hydrogen-bond donors (Lipinski definition) is 3. The number of aromatic nitrogens is 2. The van der Waals surface area contributed by atoms with Gasteiger partial charge in [-0.1, -0.05) is 0 Å². The molecule has 0 fully saturated rings. The first-order valence-electron chi connectivity index (χ1n) is 11.5. The van der Waals surface area contributed by atoms with Gasteiger partial charge in [-0.05, 0) is 62.6 Å². The van der Waals surface area contributed by atoms with Crippen LogP contribution in [0.1, 0.15) is 37.0 Å². The zero-order valence-electron chi connectivity index (χ0n) is 20.1. The van der Waals surface area contributed by atoms with Gasteiger partial charge in [-0.2, -0.15) is 4.99 Å². The van der Waals surface area contributed by atoms with Crippen molar-refractivity contribution in [2.75, 3.05) is 25.5 Å². The van der Waals surface area contributed by atoms with Gasteiger partial charge in [0.15, 0.2) is 4.80 Å². The first-order chi connectivity index (χ1) is 17.0. The van der Waals surface area contributed by atoms with E-state index in [2.05, 4.69) is 20.6 Å².